The molecule has 19 heavy (non-hydrogen) atoms. The number of carbonyl (C=O) groups excluding carboxylic acids is 1. The smallest absolute Gasteiger partial charge is 0.237 e. The Morgan fingerprint density at radius 2 is 1.89 bits per heavy atom. The lowest BCUT2D eigenvalue weighted by Gasteiger charge is -2.21. The summed E-state index contributed by atoms with van der Waals surface area (Å²) < 4.78 is 0. The highest BCUT2D eigenvalue weighted by Crippen LogP contribution is 2.19. The Balaban J connectivity index is 2.63. The van der Waals surface area contributed by atoms with E-state index < -0.39 is 6.04 Å². The average molecular weight is 280 g/mol. The van der Waals surface area contributed by atoms with Crippen LogP contribution in [0.3, 0.4) is 0 Å². The molecule has 0 fully saturated rings. The Bertz CT molecular complexity index is 405. The van der Waals surface area contributed by atoms with Crippen molar-refractivity contribution in [1.29, 1.82) is 0 Å². The zero-order valence-corrected chi connectivity index (χ0v) is 13.0. The molecular weight excluding hydrogens is 256 g/mol. The maximum atomic E-state index is 12.0. The molecule has 4 heteroatoms. The summed E-state index contributed by atoms with van der Waals surface area (Å²) in [4.78, 5) is 13.2. The minimum absolute atomic E-state index is 0.0153. The van der Waals surface area contributed by atoms with Gasteiger partial charge in [0, 0.05) is 4.90 Å². The molecule has 3 unspecified atom stereocenters. The Hall–Kier alpha value is -1.00. The number of nitrogens with one attached hydrogen (secondary N) is 1. The van der Waals surface area contributed by atoms with Crippen LogP contribution in [0.5, 0.6) is 0 Å². The number of nitrogens with two attached hydrogens (primary N) is 1. The fourth-order valence-electron chi connectivity index (χ4n) is 1.80. The maximum absolute atomic E-state index is 12.0. The van der Waals surface area contributed by atoms with Crippen molar-refractivity contribution in [3.63, 3.8) is 0 Å². The van der Waals surface area contributed by atoms with Crippen LogP contribution in [0.1, 0.15) is 38.8 Å². The van der Waals surface area contributed by atoms with Gasteiger partial charge in [0.2, 0.25) is 5.91 Å². The van der Waals surface area contributed by atoms with Crippen molar-refractivity contribution in [2.24, 2.45) is 11.7 Å². The highest BCUT2D eigenvalue weighted by Gasteiger charge is 2.21. The molecule has 0 aliphatic heterocycles. The van der Waals surface area contributed by atoms with E-state index in [2.05, 4.69) is 17.4 Å². The van der Waals surface area contributed by atoms with E-state index in [0.717, 1.165) is 12.0 Å². The van der Waals surface area contributed by atoms with E-state index in [4.69, 9.17) is 5.73 Å². The van der Waals surface area contributed by atoms with E-state index >= 15 is 0 Å². The summed E-state index contributed by atoms with van der Waals surface area (Å²) in [5.41, 5.74) is 7.03. The lowest BCUT2D eigenvalue weighted by Crippen LogP contribution is -2.45. The van der Waals surface area contributed by atoms with Crippen molar-refractivity contribution < 1.29 is 4.79 Å². The van der Waals surface area contributed by atoms with Crippen LogP contribution < -0.4 is 11.1 Å². The van der Waals surface area contributed by atoms with Crippen LogP contribution in [0.2, 0.25) is 0 Å². The first-order valence-electron chi connectivity index (χ1n) is 6.69. The van der Waals surface area contributed by atoms with Crippen molar-refractivity contribution in [3.05, 3.63) is 29.8 Å². The molecule has 1 aromatic carbocycles. The van der Waals surface area contributed by atoms with Gasteiger partial charge in [-0.1, -0.05) is 32.4 Å². The molecule has 0 aromatic heterocycles. The van der Waals surface area contributed by atoms with Gasteiger partial charge < -0.3 is 11.1 Å². The molecule has 3 atom stereocenters. The zero-order chi connectivity index (χ0) is 14.4. The SMILES string of the molecule is CCC(C)C(N)C(=O)NC(C)c1ccc(SC)cc1. The van der Waals surface area contributed by atoms with Crippen LogP contribution in [0.15, 0.2) is 29.2 Å². The molecule has 0 spiro atoms. The molecule has 0 saturated carbocycles. The van der Waals surface area contributed by atoms with Crippen LogP contribution in [-0.4, -0.2) is 18.2 Å². The maximum Gasteiger partial charge on any atom is 0.237 e. The number of hydrogen-bond donors (Lipinski definition) is 2. The first kappa shape index (κ1) is 16.1. The lowest BCUT2D eigenvalue weighted by molar-refractivity contribution is -0.124. The third-order valence-electron chi connectivity index (χ3n) is 3.53. The molecule has 0 aliphatic rings. The summed E-state index contributed by atoms with van der Waals surface area (Å²) in [7, 11) is 0. The van der Waals surface area contributed by atoms with Crippen LogP contribution in [-0.2, 0) is 4.79 Å². The number of carbonyl (C=O) groups is 1. The van der Waals surface area contributed by atoms with Gasteiger partial charge in [0.05, 0.1) is 12.1 Å². The second-order valence-electron chi connectivity index (χ2n) is 4.91. The van der Waals surface area contributed by atoms with E-state index in [-0.39, 0.29) is 17.9 Å². The number of thioether (sulfide) groups is 1. The third-order valence-corrected chi connectivity index (χ3v) is 4.28. The van der Waals surface area contributed by atoms with Gasteiger partial charge in [0.25, 0.3) is 0 Å². The summed E-state index contributed by atoms with van der Waals surface area (Å²) in [5.74, 6) is 0.127. The van der Waals surface area contributed by atoms with Gasteiger partial charge in [0.1, 0.15) is 0 Å². The molecule has 0 heterocycles. The highest BCUT2D eigenvalue weighted by atomic mass is 32.2. The molecule has 3 N–H and O–H groups in total. The van der Waals surface area contributed by atoms with E-state index in [1.165, 1.54) is 4.90 Å². The second kappa shape index (κ2) is 7.56. The second-order valence-corrected chi connectivity index (χ2v) is 5.79. The van der Waals surface area contributed by atoms with Crippen molar-refractivity contribution in [2.45, 2.75) is 44.2 Å². The predicted molar refractivity (Wildman–Crippen MR) is 82.2 cm³/mol. The lowest BCUT2D eigenvalue weighted by atomic mass is 9.98. The molecule has 0 radical (unpaired) electrons. The standard InChI is InChI=1S/C15H24N2OS/c1-5-10(2)14(16)15(18)17-11(3)12-6-8-13(19-4)9-7-12/h6-11,14H,5,16H2,1-4H3,(H,17,18). The Morgan fingerprint density at radius 3 is 2.37 bits per heavy atom. The largest absolute Gasteiger partial charge is 0.348 e. The number of hydrogen-bond acceptors (Lipinski definition) is 3. The zero-order valence-electron chi connectivity index (χ0n) is 12.1. The monoisotopic (exact) mass is 280 g/mol. The highest BCUT2D eigenvalue weighted by molar-refractivity contribution is 7.98. The first-order chi connectivity index (χ1) is 8.99. The van der Waals surface area contributed by atoms with Gasteiger partial charge in [-0.25, -0.2) is 0 Å². The van der Waals surface area contributed by atoms with E-state index in [1.807, 2.05) is 39.2 Å². The summed E-state index contributed by atoms with van der Waals surface area (Å²) in [6.07, 6.45) is 2.96. The fraction of sp³-hybridized carbons (Fsp3) is 0.533. The minimum atomic E-state index is -0.432. The Labute approximate surface area is 120 Å². The van der Waals surface area contributed by atoms with Crippen LogP contribution in [0.4, 0.5) is 0 Å². The van der Waals surface area contributed by atoms with E-state index in [1.54, 1.807) is 11.8 Å². The molecule has 0 saturated heterocycles. The molecular formula is C15H24N2OS. The molecule has 0 aliphatic carbocycles. The van der Waals surface area contributed by atoms with Crippen molar-refractivity contribution >= 4 is 17.7 Å². The number of amides is 1. The van der Waals surface area contributed by atoms with E-state index in [0.29, 0.717) is 0 Å². The number of rotatable bonds is 6. The van der Waals surface area contributed by atoms with Crippen molar-refractivity contribution in [1.82, 2.24) is 5.32 Å². The molecule has 0 bridgehead atoms. The van der Waals surface area contributed by atoms with Gasteiger partial charge in [-0.2, -0.15) is 0 Å². The quantitative estimate of drug-likeness (QED) is 0.788. The van der Waals surface area contributed by atoms with Crippen LogP contribution in [0, 0.1) is 5.92 Å². The third kappa shape index (κ3) is 4.55. The fourth-order valence-corrected chi connectivity index (χ4v) is 2.21. The predicted octanol–water partition coefficient (Wildman–Crippen LogP) is 2.96. The molecule has 1 rings (SSSR count). The van der Waals surface area contributed by atoms with Crippen molar-refractivity contribution in [3.8, 4) is 0 Å². The van der Waals surface area contributed by atoms with Gasteiger partial charge in [-0.15, -0.1) is 11.8 Å². The summed E-state index contributed by atoms with van der Waals surface area (Å²) in [6.45, 7) is 6.03. The summed E-state index contributed by atoms with van der Waals surface area (Å²) in [6, 6.07) is 7.78. The molecule has 1 aromatic rings. The minimum Gasteiger partial charge on any atom is -0.348 e. The average Bonchev–Trinajstić information content (AvgIpc) is 2.45. The Kier molecular flexibility index (Phi) is 6.38. The molecule has 106 valence electrons. The van der Waals surface area contributed by atoms with Gasteiger partial charge in [-0.05, 0) is 36.8 Å². The van der Waals surface area contributed by atoms with Crippen LogP contribution >= 0.6 is 11.8 Å². The molecule has 1 amide bonds. The van der Waals surface area contributed by atoms with Gasteiger partial charge in [-0.3, -0.25) is 4.79 Å². The van der Waals surface area contributed by atoms with E-state index in [9.17, 15) is 4.79 Å². The van der Waals surface area contributed by atoms with Crippen molar-refractivity contribution in [2.75, 3.05) is 6.26 Å². The normalized spacial score (nSPS) is 15.6. The van der Waals surface area contributed by atoms with Crippen LogP contribution in [0.25, 0.3) is 0 Å². The van der Waals surface area contributed by atoms with Gasteiger partial charge in [0.15, 0.2) is 0 Å². The first-order valence-corrected chi connectivity index (χ1v) is 7.92. The topological polar surface area (TPSA) is 55.1 Å². The summed E-state index contributed by atoms with van der Waals surface area (Å²) >= 11 is 1.71. The molecule has 3 nitrogen and oxygen atoms in total. The van der Waals surface area contributed by atoms with Gasteiger partial charge >= 0.3 is 0 Å². The Morgan fingerprint density at radius 1 is 1.32 bits per heavy atom. The number of benzene rings is 1. The summed E-state index contributed by atoms with van der Waals surface area (Å²) in [5, 5.41) is 2.98.